The molecule has 116 valence electrons. The molecule has 1 saturated heterocycles. The first kappa shape index (κ1) is 15.5. The van der Waals surface area contributed by atoms with Crippen LogP contribution in [0.3, 0.4) is 0 Å². The first-order chi connectivity index (χ1) is 11.1. The topological polar surface area (TPSA) is 37.4 Å². The highest BCUT2D eigenvalue weighted by molar-refractivity contribution is 8.19. The largest absolute Gasteiger partial charge is 0.298 e. The van der Waals surface area contributed by atoms with Crippen molar-refractivity contribution in [3.8, 4) is 0 Å². The number of halogens is 1. The second kappa shape index (κ2) is 6.38. The van der Waals surface area contributed by atoms with Crippen LogP contribution in [0.1, 0.15) is 18.1 Å². The van der Waals surface area contributed by atoms with Crippen LogP contribution in [0.25, 0.3) is 6.08 Å². The van der Waals surface area contributed by atoms with Crippen molar-refractivity contribution >= 4 is 34.7 Å². The summed E-state index contributed by atoms with van der Waals surface area (Å²) < 4.78 is 13.7. The van der Waals surface area contributed by atoms with Gasteiger partial charge in [-0.25, -0.2) is 9.29 Å². The number of carbonyl (C=O) groups excluding carboxylic acids is 2. The van der Waals surface area contributed by atoms with Crippen molar-refractivity contribution in [1.29, 1.82) is 0 Å². The Hall–Kier alpha value is -2.40. The minimum atomic E-state index is -0.424. The predicted molar refractivity (Wildman–Crippen MR) is 90.7 cm³/mol. The van der Waals surface area contributed by atoms with Gasteiger partial charge < -0.3 is 0 Å². The normalized spacial score (nSPS) is 16.4. The molecule has 0 unspecified atom stereocenters. The molecular weight excluding hydrogens is 313 g/mol. The fourth-order valence-electron chi connectivity index (χ4n) is 2.30. The van der Waals surface area contributed by atoms with E-state index in [-0.39, 0.29) is 10.1 Å². The number of amides is 2. The van der Waals surface area contributed by atoms with Crippen LogP contribution >= 0.6 is 11.8 Å². The highest BCUT2D eigenvalue weighted by Gasteiger charge is 2.36. The third kappa shape index (κ3) is 3.05. The van der Waals surface area contributed by atoms with Gasteiger partial charge in [0, 0.05) is 5.56 Å². The number of hydrogen-bond acceptors (Lipinski definition) is 3. The van der Waals surface area contributed by atoms with Gasteiger partial charge in [-0.15, -0.1) is 0 Å². The van der Waals surface area contributed by atoms with E-state index in [4.69, 9.17) is 0 Å². The van der Waals surface area contributed by atoms with E-state index in [1.165, 1.54) is 12.1 Å². The summed E-state index contributed by atoms with van der Waals surface area (Å²) in [4.78, 5) is 26.0. The molecule has 0 aliphatic carbocycles. The maximum absolute atomic E-state index is 13.7. The van der Waals surface area contributed by atoms with Crippen LogP contribution in [-0.2, 0) is 11.2 Å². The number of hydrogen-bond donors (Lipinski definition) is 0. The van der Waals surface area contributed by atoms with Crippen molar-refractivity contribution in [1.82, 2.24) is 0 Å². The molecule has 0 atom stereocenters. The molecule has 1 aliphatic heterocycles. The quantitative estimate of drug-likeness (QED) is 0.771. The molecule has 2 aromatic carbocycles. The third-order valence-corrected chi connectivity index (χ3v) is 4.46. The zero-order chi connectivity index (χ0) is 16.4. The molecule has 3 nitrogen and oxygen atoms in total. The van der Waals surface area contributed by atoms with Crippen LogP contribution in [0.4, 0.5) is 14.9 Å². The molecule has 1 heterocycles. The van der Waals surface area contributed by atoms with E-state index in [9.17, 15) is 14.0 Å². The SMILES string of the molecule is CCc1ccc(N2C(=O)S/C(=C\c3ccccc3F)C2=O)cc1. The average Bonchev–Trinajstić information content (AvgIpc) is 2.84. The number of aryl methyl sites for hydroxylation is 1. The van der Waals surface area contributed by atoms with Crippen molar-refractivity contribution < 1.29 is 14.0 Å². The van der Waals surface area contributed by atoms with Crippen LogP contribution in [-0.4, -0.2) is 11.1 Å². The first-order valence-electron chi connectivity index (χ1n) is 7.21. The summed E-state index contributed by atoms with van der Waals surface area (Å²) in [6.07, 6.45) is 2.30. The molecule has 1 aliphatic rings. The molecule has 2 aromatic rings. The molecule has 3 rings (SSSR count). The van der Waals surface area contributed by atoms with E-state index in [1.54, 1.807) is 30.3 Å². The second-order valence-electron chi connectivity index (χ2n) is 5.06. The van der Waals surface area contributed by atoms with Crippen LogP contribution in [0.2, 0.25) is 0 Å². The minimum Gasteiger partial charge on any atom is -0.268 e. The van der Waals surface area contributed by atoms with Crippen molar-refractivity contribution in [3.63, 3.8) is 0 Å². The van der Waals surface area contributed by atoms with Gasteiger partial charge in [-0.2, -0.15) is 0 Å². The highest BCUT2D eigenvalue weighted by atomic mass is 32.2. The molecule has 2 amide bonds. The molecular formula is C18H14FNO2S. The molecule has 0 radical (unpaired) electrons. The van der Waals surface area contributed by atoms with Crippen molar-refractivity contribution in [2.75, 3.05) is 4.90 Å². The van der Waals surface area contributed by atoms with Gasteiger partial charge in [-0.3, -0.25) is 9.59 Å². The Morgan fingerprint density at radius 2 is 1.78 bits per heavy atom. The first-order valence-corrected chi connectivity index (χ1v) is 8.03. The molecule has 1 fully saturated rings. The van der Waals surface area contributed by atoms with Gasteiger partial charge in [0.25, 0.3) is 11.1 Å². The molecule has 0 aromatic heterocycles. The Morgan fingerprint density at radius 1 is 1.09 bits per heavy atom. The summed E-state index contributed by atoms with van der Waals surface area (Å²) in [5.74, 6) is -0.848. The molecule has 0 N–H and O–H groups in total. The zero-order valence-electron chi connectivity index (χ0n) is 12.5. The summed E-state index contributed by atoms with van der Waals surface area (Å²) in [6, 6.07) is 13.4. The molecule has 23 heavy (non-hydrogen) atoms. The van der Waals surface area contributed by atoms with E-state index >= 15 is 0 Å². The zero-order valence-corrected chi connectivity index (χ0v) is 13.3. The lowest BCUT2D eigenvalue weighted by Gasteiger charge is -2.12. The van der Waals surface area contributed by atoms with Crippen LogP contribution in [0.15, 0.2) is 53.4 Å². The van der Waals surface area contributed by atoms with E-state index in [0.29, 0.717) is 11.3 Å². The fraction of sp³-hybridized carbons (Fsp3) is 0.111. The van der Waals surface area contributed by atoms with Gasteiger partial charge in [0.1, 0.15) is 5.82 Å². The van der Waals surface area contributed by atoms with Gasteiger partial charge in [0.05, 0.1) is 10.6 Å². The lowest BCUT2D eigenvalue weighted by molar-refractivity contribution is -0.113. The Bertz CT molecular complexity index is 799. The van der Waals surface area contributed by atoms with Gasteiger partial charge in [-0.05, 0) is 48.0 Å². The highest BCUT2D eigenvalue weighted by Crippen LogP contribution is 2.36. The molecule has 0 saturated carbocycles. The number of thioether (sulfide) groups is 1. The molecule has 0 bridgehead atoms. The lowest BCUT2D eigenvalue weighted by Crippen LogP contribution is -2.27. The number of benzene rings is 2. The third-order valence-electron chi connectivity index (χ3n) is 3.59. The predicted octanol–water partition coefficient (Wildman–Crippen LogP) is 4.63. The Morgan fingerprint density at radius 3 is 2.43 bits per heavy atom. The number of anilines is 1. The van der Waals surface area contributed by atoms with Crippen LogP contribution in [0, 0.1) is 5.82 Å². The van der Waals surface area contributed by atoms with E-state index in [2.05, 4.69) is 0 Å². The standard InChI is InChI=1S/C18H14FNO2S/c1-2-12-7-9-14(10-8-12)20-17(21)16(23-18(20)22)11-13-5-3-4-6-15(13)19/h3-11H,2H2,1H3/b16-11-. The number of imide groups is 1. The van der Waals surface area contributed by atoms with Crippen molar-refractivity contribution in [2.24, 2.45) is 0 Å². The van der Waals surface area contributed by atoms with Gasteiger partial charge >= 0.3 is 0 Å². The second-order valence-corrected chi connectivity index (χ2v) is 6.05. The monoisotopic (exact) mass is 327 g/mol. The summed E-state index contributed by atoms with van der Waals surface area (Å²) >= 11 is 0.822. The smallest absolute Gasteiger partial charge is 0.268 e. The van der Waals surface area contributed by atoms with E-state index in [0.717, 1.165) is 28.6 Å². The van der Waals surface area contributed by atoms with Gasteiger partial charge in [-0.1, -0.05) is 37.3 Å². The maximum Gasteiger partial charge on any atom is 0.298 e. The summed E-state index contributed by atoms with van der Waals surface area (Å²) in [5, 5.41) is -0.373. The Kier molecular flexibility index (Phi) is 4.30. The summed E-state index contributed by atoms with van der Waals surface area (Å²) in [6.45, 7) is 2.03. The van der Waals surface area contributed by atoms with E-state index < -0.39 is 11.7 Å². The average molecular weight is 327 g/mol. The number of carbonyl (C=O) groups is 2. The van der Waals surface area contributed by atoms with Gasteiger partial charge in [0.15, 0.2) is 0 Å². The Labute approximate surface area is 137 Å². The van der Waals surface area contributed by atoms with Crippen LogP contribution in [0.5, 0.6) is 0 Å². The summed E-state index contributed by atoms with van der Waals surface area (Å²) in [7, 11) is 0. The van der Waals surface area contributed by atoms with Crippen molar-refractivity contribution in [2.45, 2.75) is 13.3 Å². The number of nitrogens with zero attached hydrogens (tertiary/aromatic N) is 1. The summed E-state index contributed by atoms with van der Waals surface area (Å²) in [5.41, 5.74) is 1.95. The molecule has 0 spiro atoms. The van der Waals surface area contributed by atoms with Crippen molar-refractivity contribution in [3.05, 3.63) is 70.4 Å². The van der Waals surface area contributed by atoms with Crippen LogP contribution < -0.4 is 4.90 Å². The lowest BCUT2D eigenvalue weighted by atomic mass is 10.1. The van der Waals surface area contributed by atoms with E-state index in [1.807, 2.05) is 19.1 Å². The number of rotatable bonds is 3. The molecule has 5 heteroatoms. The minimum absolute atomic E-state index is 0.222. The maximum atomic E-state index is 13.7. The fourth-order valence-corrected chi connectivity index (χ4v) is 3.14. The Balaban J connectivity index is 1.92. The van der Waals surface area contributed by atoms with Gasteiger partial charge in [0.2, 0.25) is 0 Å².